The molecule has 0 bridgehead atoms. The molecule has 1 N–H and O–H groups in total. The minimum Gasteiger partial charge on any atom is -0.497 e. The number of aromatic nitrogens is 3. The summed E-state index contributed by atoms with van der Waals surface area (Å²) in [5.41, 5.74) is 3.36. The molecule has 4 aromatic rings. The second-order valence-corrected chi connectivity index (χ2v) is 6.45. The molecule has 0 radical (unpaired) electrons. The van der Waals surface area contributed by atoms with Gasteiger partial charge in [-0.25, -0.2) is 4.68 Å². The second kappa shape index (κ2) is 8.48. The zero-order chi connectivity index (χ0) is 20.9. The Balaban J connectivity index is 1.69. The van der Waals surface area contributed by atoms with Crippen LogP contribution in [0.5, 0.6) is 11.5 Å². The first kappa shape index (κ1) is 19.2. The monoisotopic (exact) mass is 400 g/mol. The van der Waals surface area contributed by atoms with Crippen molar-refractivity contribution >= 4 is 11.6 Å². The number of hydrogen-bond donors (Lipinski definition) is 1. The molecule has 0 saturated carbocycles. The van der Waals surface area contributed by atoms with Crippen molar-refractivity contribution in [3.63, 3.8) is 0 Å². The Bertz CT molecular complexity index is 1140. The highest BCUT2D eigenvalue weighted by molar-refractivity contribution is 6.03. The van der Waals surface area contributed by atoms with E-state index in [4.69, 9.17) is 9.47 Å². The fourth-order valence-electron chi connectivity index (χ4n) is 3.00. The summed E-state index contributed by atoms with van der Waals surface area (Å²) in [6, 6.07) is 20.1. The van der Waals surface area contributed by atoms with Crippen LogP contribution in [-0.4, -0.2) is 34.9 Å². The van der Waals surface area contributed by atoms with Gasteiger partial charge in [-0.1, -0.05) is 0 Å². The van der Waals surface area contributed by atoms with Crippen LogP contribution >= 0.6 is 0 Å². The molecule has 1 amide bonds. The van der Waals surface area contributed by atoms with Gasteiger partial charge in [0.2, 0.25) is 0 Å². The normalized spacial score (nSPS) is 10.5. The number of methoxy groups -OCH3 is 2. The molecule has 0 aliphatic rings. The molecule has 7 heteroatoms. The Morgan fingerprint density at radius 1 is 0.933 bits per heavy atom. The van der Waals surface area contributed by atoms with Crippen molar-refractivity contribution in [2.24, 2.45) is 0 Å². The number of amides is 1. The summed E-state index contributed by atoms with van der Waals surface area (Å²) in [4.78, 5) is 17.0. The number of carbonyl (C=O) groups is 1. The van der Waals surface area contributed by atoms with Gasteiger partial charge in [0.1, 0.15) is 11.5 Å². The third kappa shape index (κ3) is 4.00. The second-order valence-electron chi connectivity index (χ2n) is 6.45. The van der Waals surface area contributed by atoms with Crippen molar-refractivity contribution in [1.29, 1.82) is 0 Å². The van der Waals surface area contributed by atoms with Crippen molar-refractivity contribution in [1.82, 2.24) is 14.8 Å². The highest BCUT2D eigenvalue weighted by atomic mass is 16.5. The Hall–Kier alpha value is -4.13. The van der Waals surface area contributed by atoms with E-state index in [-0.39, 0.29) is 5.91 Å². The third-order valence-electron chi connectivity index (χ3n) is 4.56. The molecule has 150 valence electrons. The quantitative estimate of drug-likeness (QED) is 0.525. The fourth-order valence-corrected chi connectivity index (χ4v) is 3.00. The maximum absolute atomic E-state index is 12.8. The van der Waals surface area contributed by atoms with Gasteiger partial charge in [-0.15, -0.1) is 0 Å². The average Bonchev–Trinajstić information content (AvgIpc) is 3.26. The molecule has 0 atom stereocenters. The standard InChI is InChI=1S/C23H20N4O3/c1-29-19-9-5-17(6-10-19)25-23(28)21-14-22(16-4-3-13-24-15-16)27(26-21)18-7-11-20(30-2)12-8-18/h3-15H,1-2H3,(H,25,28). The molecule has 7 nitrogen and oxygen atoms in total. The average molecular weight is 400 g/mol. The summed E-state index contributed by atoms with van der Waals surface area (Å²) < 4.78 is 12.1. The van der Waals surface area contributed by atoms with Crippen molar-refractivity contribution < 1.29 is 14.3 Å². The van der Waals surface area contributed by atoms with Crippen LogP contribution in [0.3, 0.4) is 0 Å². The number of nitrogens with one attached hydrogen (secondary N) is 1. The van der Waals surface area contributed by atoms with Crippen LogP contribution in [0.1, 0.15) is 10.5 Å². The van der Waals surface area contributed by atoms with Gasteiger partial charge in [-0.2, -0.15) is 5.10 Å². The third-order valence-corrected chi connectivity index (χ3v) is 4.56. The van der Waals surface area contributed by atoms with E-state index in [1.165, 1.54) is 0 Å². The van der Waals surface area contributed by atoms with Crippen LogP contribution < -0.4 is 14.8 Å². The lowest BCUT2D eigenvalue weighted by atomic mass is 10.2. The van der Waals surface area contributed by atoms with Crippen LogP contribution in [-0.2, 0) is 0 Å². The Morgan fingerprint density at radius 3 is 2.20 bits per heavy atom. The summed E-state index contributed by atoms with van der Waals surface area (Å²) in [5.74, 6) is 1.15. The van der Waals surface area contributed by atoms with Crippen LogP contribution in [0.25, 0.3) is 16.9 Å². The summed E-state index contributed by atoms with van der Waals surface area (Å²) in [6.07, 6.45) is 3.44. The minimum atomic E-state index is -0.308. The maximum atomic E-state index is 12.8. The summed E-state index contributed by atoms with van der Waals surface area (Å²) in [5, 5.41) is 7.42. The molecule has 0 unspecified atom stereocenters. The van der Waals surface area contributed by atoms with E-state index in [1.54, 1.807) is 61.6 Å². The number of nitrogens with zero attached hydrogens (tertiary/aromatic N) is 3. The van der Waals surface area contributed by atoms with Crippen LogP contribution in [0.2, 0.25) is 0 Å². The highest BCUT2D eigenvalue weighted by Gasteiger charge is 2.17. The van der Waals surface area contributed by atoms with Crippen LogP contribution in [0.4, 0.5) is 5.69 Å². The fraction of sp³-hybridized carbons (Fsp3) is 0.0870. The molecule has 2 aromatic heterocycles. The van der Waals surface area contributed by atoms with E-state index in [9.17, 15) is 4.79 Å². The number of anilines is 1. The maximum Gasteiger partial charge on any atom is 0.276 e. The van der Waals surface area contributed by atoms with Crippen LogP contribution in [0, 0.1) is 0 Å². The first-order valence-corrected chi connectivity index (χ1v) is 9.28. The van der Waals surface area contributed by atoms with E-state index in [0.29, 0.717) is 11.4 Å². The lowest BCUT2D eigenvalue weighted by Gasteiger charge is -2.08. The summed E-state index contributed by atoms with van der Waals surface area (Å²) >= 11 is 0. The molecule has 4 rings (SSSR count). The predicted octanol–water partition coefficient (Wildman–Crippen LogP) is 4.20. The van der Waals surface area contributed by atoms with E-state index in [2.05, 4.69) is 15.4 Å². The number of ether oxygens (including phenoxy) is 2. The van der Waals surface area contributed by atoms with Gasteiger partial charge in [-0.05, 0) is 66.7 Å². The SMILES string of the molecule is COc1ccc(NC(=O)c2cc(-c3cccnc3)n(-c3ccc(OC)cc3)n2)cc1. The number of carbonyl (C=O) groups excluding carboxylic acids is 1. The Labute approximate surface area is 173 Å². The molecule has 0 aliphatic heterocycles. The molecular weight excluding hydrogens is 380 g/mol. The first-order valence-electron chi connectivity index (χ1n) is 9.28. The van der Waals surface area contributed by atoms with E-state index < -0.39 is 0 Å². The number of pyridine rings is 1. The molecule has 2 heterocycles. The van der Waals surface area contributed by atoms with Gasteiger partial charge >= 0.3 is 0 Å². The van der Waals surface area contributed by atoms with Gasteiger partial charge in [0.25, 0.3) is 5.91 Å². The number of hydrogen-bond acceptors (Lipinski definition) is 5. The molecule has 0 saturated heterocycles. The van der Waals surface area contributed by atoms with E-state index in [0.717, 1.165) is 28.4 Å². The molecule has 0 aliphatic carbocycles. The van der Waals surface area contributed by atoms with Crippen molar-refractivity contribution in [2.45, 2.75) is 0 Å². The number of benzene rings is 2. The van der Waals surface area contributed by atoms with E-state index >= 15 is 0 Å². The molecule has 2 aromatic carbocycles. The Morgan fingerprint density at radius 2 is 1.60 bits per heavy atom. The lowest BCUT2D eigenvalue weighted by molar-refractivity contribution is 0.102. The first-order chi connectivity index (χ1) is 14.7. The smallest absolute Gasteiger partial charge is 0.276 e. The summed E-state index contributed by atoms with van der Waals surface area (Å²) in [7, 11) is 3.21. The lowest BCUT2D eigenvalue weighted by Crippen LogP contribution is -2.13. The van der Waals surface area contributed by atoms with Crippen molar-refractivity contribution in [3.05, 3.63) is 84.8 Å². The van der Waals surface area contributed by atoms with Crippen molar-refractivity contribution in [3.8, 4) is 28.4 Å². The van der Waals surface area contributed by atoms with Crippen molar-refractivity contribution in [2.75, 3.05) is 19.5 Å². The van der Waals surface area contributed by atoms with Gasteiger partial charge < -0.3 is 14.8 Å². The van der Waals surface area contributed by atoms with Gasteiger partial charge in [0, 0.05) is 23.6 Å². The predicted molar refractivity (Wildman–Crippen MR) is 114 cm³/mol. The number of rotatable bonds is 6. The highest BCUT2D eigenvalue weighted by Crippen LogP contribution is 2.25. The zero-order valence-electron chi connectivity index (χ0n) is 16.6. The van der Waals surface area contributed by atoms with Gasteiger partial charge in [0.15, 0.2) is 5.69 Å². The topological polar surface area (TPSA) is 78.3 Å². The van der Waals surface area contributed by atoms with Crippen LogP contribution in [0.15, 0.2) is 79.1 Å². The van der Waals surface area contributed by atoms with Gasteiger partial charge in [0.05, 0.1) is 25.6 Å². The largest absolute Gasteiger partial charge is 0.497 e. The minimum absolute atomic E-state index is 0.292. The molecule has 0 spiro atoms. The Kier molecular flexibility index (Phi) is 5.43. The zero-order valence-corrected chi connectivity index (χ0v) is 16.6. The summed E-state index contributed by atoms with van der Waals surface area (Å²) in [6.45, 7) is 0. The van der Waals surface area contributed by atoms with E-state index in [1.807, 2.05) is 36.4 Å². The van der Waals surface area contributed by atoms with Gasteiger partial charge in [-0.3, -0.25) is 9.78 Å². The molecular formula is C23H20N4O3. The molecule has 30 heavy (non-hydrogen) atoms. The molecule has 0 fully saturated rings.